The van der Waals surface area contributed by atoms with Gasteiger partial charge in [-0.1, -0.05) is 11.6 Å². The fraction of sp³-hybridized carbons (Fsp3) is 0.462. The van der Waals surface area contributed by atoms with Gasteiger partial charge in [0.25, 0.3) is 0 Å². The summed E-state index contributed by atoms with van der Waals surface area (Å²) in [6.07, 6.45) is 0. The van der Waals surface area contributed by atoms with Gasteiger partial charge in [-0.15, -0.1) is 0 Å². The van der Waals surface area contributed by atoms with Gasteiger partial charge in [0.05, 0.1) is 11.4 Å². The van der Waals surface area contributed by atoms with Crippen molar-refractivity contribution in [2.75, 3.05) is 32.7 Å². The smallest absolute Gasteiger partial charge is 0.243 e. The maximum Gasteiger partial charge on any atom is 0.243 e. The Morgan fingerprint density at radius 3 is 2.20 bits per heavy atom. The molecule has 0 radical (unpaired) electrons. The van der Waals surface area contributed by atoms with Crippen LogP contribution < -0.4 is 0 Å². The molecule has 1 saturated heterocycles. The van der Waals surface area contributed by atoms with E-state index in [0.29, 0.717) is 37.7 Å². The predicted octanol–water partition coefficient (Wildman–Crippen LogP) is 1.24. The van der Waals surface area contributed by atoms with Crippen molar-refractivity contribution in [3.8, 4) is 0 Å². The molecule has 1 aromatic carbocycles. The molecule has 7 heteroatoms. The molecule has 20 heavy (non-hydrogen) atoms. The Bertz CT molecular complexity index is 578. The Kier molecular flexibility index (Phi) is 4.80. The maximum absolute atomic E-state index is 12.4. The molecular formula is C13H17ClN2O3S. The standard InChI is InChI=1S/C13H17ClN2O3S/c1-11(17)10-15-6-8-16(9-7-15)20(18,19)13-4-2-12(14)3-5-13/h2-5H,6-10H2,1H3. The van der Waals surface area contributed by atoms with Gasteiger partial charge in [-0.3, -0.25) is 9.69 Å². The largest absolute Gasteiger partial charge is 0.299 e. The van der Waals surface area contributed by atoms with Gasteiger partial charge in [0.15, 0.2) is 0 Å². The van der Waals surface area contributed by atoms with E-state index in [2.05, 4.69) is 0 Å². The van der Waals surface area contributed by atoms with Gasteiger partial charge in [-0.2, -0.15) is 4.31 Å². The van der Waals surface area contributed by atoms with Crippen LogP contribution in [0.4, 0.5) is 0 Å². The van der Waals surface area contributed by atoms with E-state index in [4.69, 9.17) is 11.6 Å². The van der Waals surface area contributed by atoms with Gasteiger partial charge in [-0.05, 0) is 31.2 Å². The number of ketones is 1. The average molecular weight is 317 g/mol. The zero-order valence-corrected chi connectivity index (χ0v) is 12.8. The van der Waals surface area contributed by atoms with Crippen molar-refractivity contribution in [1.29, 1.82) is 0 Å². The van der Waals surface area contributed by atoms with Crippen molar-refractivity contribution in [1.82, 2.24) is 9.21 Å². The van der Waals surface area contributed by atoms with Gasteiger partial charge in [0.1, 0.15) is 5.78 Å². The van der Waals surface area contributed by atoms with E-state index in [1.807, 2.05) is 4.90 Å². The van der Waals surface area contributed by atoms with Crippen LogP contribution in [0, 0.1) is 0 Å². The number of halogens is 1. The fourth-order valence-electron chi connectivity index (χ4n) is 2.20. The quantitative estimate of drug-likeness (QED) is 0.838. The van der Waals surface area contributed by atoms with Crippen LogP contribution in [0.3, 0.4) is 0 Å². The number of carbonyl (C=O) groups is 1. The van der Waals surface area contributed by atoms with Crippen LogP contribution >= 0.6 is 11.6 Å². The molecule has 0 aromatic heterocycles. The lowest BCUT2D eigenvalue weighted by atomic mass is 10.3. The van der Waals surface area contributed by atoms with E-state index in [1.165, 1.54) is 23.4 Å². The first-order valence-corrected chi connectivity index (χ1v) is 8.19. The molecule has 1 fully saturated rings. The van der Waals surface area contributed by atoms with Crippen LogP contribution in [-0.4, -0.2) is 56.1 Å². The number of hydrogen-bond donors (Lipinski definition) is 0. The first-order valence-electron chi connectivity index (χ1n) is 6.37. The number of sulfonamides is 1. The van der Waals surface area contributed by atoms with Crippen LogP contribution in [0.15, 0.2) is 29.2 Å². The highest BCUT2D eigenvalue weighted by Gasteiger charge is 2.28. The molecule has 0 spiro atoms. The van der Waals surface area contributed by atoms with Gasteiger partial charge in [0, 0.05) is 31.2 Å². The lowest BCUT2D eigenvalue weighted by Gasteiger charge is -2.33. The fourth-order valence-corrected chi connectivity index (χ4v) is 3.75. The number of piperazine rings is 1. The zero-order chi connectivity index (χ0) is 14.8. The third-order valence-corrected chi connectivity index (χ3v) is 5.39. The molecule has 0 bridgehead atoms. The molecule has 1 heterocycles. The van der Waals surface area contributed by atoms with Gasteiger partial charge < -0.3 is 0 Å². The van der Waals surface area contributed by atoms with Crippen molar-refractivity contribution < 1.29 is 13.2 Å². The molecule has 0 atom stereocenters. The summed E-state index contributed by atoms with van der Waals surface area (Å²) >= 11 is 5.77. The van der Waals surface area contributed by atoms with Crippen LogP contribution in [0.5, 0.6) is 0 Å². The molecular weight excluding hydrogens is 300 g/mol. The van der Waals surface area contributed by atoms with Crippen LogP contribution in [0.25, 0.3) is 0 Å². The summed E-state index contributed by atoms with van der Waals surface area (Å²) in [4.78, 5) is 13.3. The Hall–Kier alpha value is -0.950. The van der Waals surface area contributed by atoms with Crippen molar-refractivity contribution in [2.45, 2.75) is 11.8 Å². The van der Waals surface area contributed by atoms with Crippen LogP contribution in [0.1, 0.15) is 6.92 Å². The molecule has 0 saturated carbocycles. The second-order valence-electron chi connectivity index (χ2n) is 4.84. The predicted molar refractivity (Wildman–Crippen MR) is 77.3 cm³/mol. The topological polar surface area (TPSA) is 57.7 Å². The highest BCUT2D eigenvalue weighted by atomic mass is 35.5. The third-order valence-electron chi connectivity index (χ3n) is 3.23. The highest BCUT2D eigenvalue weighted by Crippen LogP contribution is 2.19. The van der Waals surface area contributed by atoms with Gasteiger partial charge in [0.2, 0.25) is 10.0 Å². The van der Waals surface area contributed by atoms with Crippen LogP contribution in [0.2, 0.25) is 5.02 Å². The van der Waals surface area contributed by atoms with Gasteiger partial charge in [-0.25, -0.2) is 8.42 Å². The lowest BCUT2D eigenvalue weighted by Crippen LogP contribution is -2.49. The number of nitrogens with zero attached hydrogens (tertiary/aromatic N) is 2. The number of benzene rings is 1. The maximum atomic E-state index is 12.4. The lowest BCUT2D eigenvalue weighted by molar-refractivity contribution is -0.118. The summed E-state index contributed by atoms with van der Waals surface area (Å²) in [5.41, 5.74) is 0. The van der Waals surface area contributed by atoms with E-state index in [1.54, 1.807) is 12.1 Å². The summed E-state index contributed by atoms with van der Waals surface area (Å²) in [5, 5.41) is 0.509. The Morgan fingerprint density at radius 2 is 1.70 bits per heavy atom. The minimum Gasteiger partial charge on any atom is -0.299 e. The molecule has 1 aromatic rings. The molecule has 0 N–H and O–H groups in total. The summed E-state index contributed by atoms with van der Waals surface area (Å²) in [6, 6.07) is 6.17. The summed E-state index contributed by atoms with van der Waals surface area (Å²) in [5.74, 6) is 0.0963. The third kappa shape index (κ3) is 3.58. The van der Waals surface area contributed by atoms with E-state index in [9.17, 15) is 13.2 Å². The highest BCUT2D eigenvalue weighted by molar-refractivity contribution is 7.89. The minimum atomic E-state index is -3.47. The van der Waals surface area contributed by atoms with E-state index >= 15 is 0 Å². The molecule has 0 aliphatic carbocycles. The molecule has 0 amide bonds. The normalized spacial score (nSPS) is 18.1. The first-order chi connectivity index (χ1) is 9.39. The van der Waals surface area contributed by atoms with Gasteiger partial charge >= 0.3 is 0 Å². The second-order valence-corrected chi connectivity index (χ2v) is 7.21. The average Bonchev–Trinajstić information content (AvgIpc) is 2.39. The number of rotatable bonds is 4. The molecule has 1 aliphatic rings. The monoisotopic (exact) mass is 316 g/mol. The van der Waals surface area contributed by atoms with Crippen molar-refractivity contribution in [2.24, 2.45) is 0 Å². The summed E-state index contributed by atoms with van der Waals surface area (Å²) < 4.78 is 26.3. The van der Waals surface area contributed by atoms with Crippen LogP contribution in [-0.2, 0) is 14.8 Å². The van der Waals surface area contributed by atoms with E-state index in [-0.39, 0.29) is 10.7 Å². The summed E-state index contributed by atoms with van der Waals surface area (Å²) in [7, 11) is -3.47. The molecule has 110 valence electrons. The Labute approximate surface area is 124 Å². The molecule has 5 nitrogen and oxygen atoms in total. The summed E-state index contributed by atoms with van der Waals surface area (Å²) in [6.45, 7) is 3.88. The Balaban J connectivity index is 2.05. The Morgan fingerprint density at radius 1 is 1.15 bits per heavy atom. The van der Waals surface area contributed by atoms with E-state index < -0.39 is 10.0 Å². The number of hydrogen-bond acceptors (Lipinski definition) is 4. The SMILES string of the molecule is CC(=O)CN1CCN(S(=O)(=O)c2ccc(Cl)cc2)CC1. The van der Waals surface area contributed by atoms with Crippen molar-refractivity contribution in [3.63, 3.8) is 0 Å². The number of Topliss-reactive ketones (excluding diaryl/α,β-unsaturated/α-hetero) is 1. The zero-order valence-electron chi connectivity index (χ0n) is 11.3. The minimum absolute atomic E-state index is 0.0963. The number of carbonyl (C=O) groups excluding carboxylic acids is 1. The molecule has 0 unspecified atom stereocenters. The molecule has 2 rings (SSSR count). The van der Waals surface area contributed by atoms with E-state index in [0.717, 1.165) is 0 Å². The van der Waals surface area contributed by atoms with Crippen molar-refractivity contribution in [3.05, 3.63) is 29.3 Å². The van der Waals surface area contributed by atoms with Crippen molar-refractivity contribution >= 4 is 27.4 Å². The molecule has 1 aliphatic heterocycles. The first kappa shape index (κ1) is 15.4. The second kappa shape index (κ2) is 6.22.